The topological polar surface area (TPSA) is 81.3 Å². The number of aromatic nitrogens is 2. The molecular formula is C17H26N4O3. The van der Waals surface area contributed by atoms with Gasteiger partial charge in [0, 0.05) is 19.1 Å². The molecule has 0 spiro atoms. The van der Waals surface area contributed by atoms with Gasteiger partial charge in [0.05, 0.1) is 4.92 Å². The molecule has 0 aromatic carbocycles. The molecule has 0 N–H and O–H groups in total. The lowest BCUT2D eigenvalue weighted by Crippen LogP contribution is -2.49. The first-order chi connectivity index (χ1) is 11.6. The minimum absolute atomic E-state index is 0.00125. The molecule has 1 aromatic heterocycles. The maximum absolute atomic E-state index is 13.2. The van der Waals surface area contributed by atoms with E-state index in [0.717, 1.165) is 51.4 Å². The molecule has 24 heavy (non-hydrogen) atoms. The Balaban J connectivity index is 1.91. The second-order valence-corrected chi connectivity index (χ2v) is 7.09. The largest absolute Gasteiger partial charge is 0.331 e. The first-order valence-corrected chi connectivity index (χ1v) is 9.08. The predicted molar refractivity (Wildman–Crippen MR) is 89.8 cm³/mol. The molecule has 2 saturated carbocycles. The first kappa shape index (κ1) is 16.9. The van der Waals surface area contributed by atoms with Crippen molar-refractivity contribution >= 4 is 11.6 Å². The molecule has 132 valence electrons. The molecule has 1 amide bonds. The first-order valence-electron chi connectivity index (χ1n) is 9.08. The third-order valence-corrected chi connectivity index (χ3v) is 5.38. The average Bonchev–Trinajstić information content (AvgIpc) is 2.99. The van der Waals surface area contributed by atoms with Crippen LogP contribution in [0.3, 0.4) is 0 Å². The van der Waals surface area contributed by atoms with Crippen LogP contribution in [0.5, 0.6) is 0 Å². The van der Waals surface area contributed by atoms with E-state index >= 15 is 0 Å². The molecule has 3 rings (SSSR count). The molecule has 2 aliphatic rings. The van der Waals surface area contributed by atoms with Crippen LogP contribution in [-0.2, 0) is 7.05 Å². The second kappa shape index (κ2) is 7.32. The Labute approximate surface area is 142 Å². The SMILES string of the molecule is Cn1cc([N+](=O)[O-])c(C(=O)N(C2CCCCC2)C2CCCCC2)n1. The molecule has 7 nitrogen and oxygen atoms in total. The van der Waals surface area contributed by atoms with E-state index in [0.29, 0.717) is 0 Å². The van der Waals surface area contributed by atoms with Crippen LogP contribution < -0.4 is 0 Å². The number of rotatable bonds is 4. The predicted octanol–water partition coefficient (Wildman–Crippen LogP) is 3.44. The van der Waals surface area contributed by atoms with E-state index in [-0.39, 0.29) is 29.4 Å². The molecule has 0 bridgehead atoms. The van der Waals surface area contributed by atoms with Crippen LogP contribution in [-0.4, -0.2) is 37.6 Å². The summed E-state index contributed by atoms with van der Waals surface area (Å²) in [5.74, 6) is -0.249. The van der Waals surface area contributed by atoms with E-state index in [1.54, 1.807) is 7.05 Å². The maximum atomic E-state index is 13.2. The quantitative estimate of drug-likeness (QED) is 0.624. The summed E-state index contributed by atoms with van der Waals surface area (Å²) in [5, 5.41) is 15.4. The standard InChI is InChI=1S/C17H26N4O3/c1-19-12-15(21(23)24)16(18-19)17(22)20(13-8-4-2-5-9-13)14-10-6-3-7-11-14/h12-14H,2-11H2,1H3. The van der Waals surface area contributed by atoms with Crippen LogP contribution >= 0.6 is 0 Å². The van der Waals surface area contributed by atoms with Crippen molar-refractivity contribution in [3.8, 4) is 0 Å². The summed E-state index contributed by atoms with van der Waals surface area (Å²) >= 11 is 0. The third kappa shape index (κ3) is 3.44. The number of hydrogen-bond donors (Lipinski definition) is 0. The van der Waals surface area contributed by atoms with Gasteiger partial charge in [0.1, 0.15) is 6.20 Å². The Bertz CT molecular complexity index is 583. The van der Waals surface area contributed by atoms with Crippen LogP contribution in [0.2, 0.25) is 0 Å². The van der Waals surface area contributed by atoms with Gasteiger partial charge >= 0.3 is 5.69 Å². The fourth-order valence-electron chi connectivity index (χ4n) is 4.23. The van der Waals surface area contributed by atoms with Crippen molar-refractivity contribution in [2.75, 3.05) is 0 Å². The average molecular weight is 334 g/mol. The molecule has 0 aliphatic heterocycles. The molecule has 1 heterocycles. The Kier molecular flexibility index (Phi) is 5.16. The monoisotopic (exact) mass is 334 g/mol. The number of carbonyl (C=O) groups excluding carboxylic acids is 1. The van der Waals surface area contributed by atoms with Gasteiger partial charge in [-0.1, -0.05) is 38.5 Å². The van der Waals surface area contributed by atoms with Crippen molar-refractivity contribution < 1.29 is 9.72 Å². The van der Waals surface area contributed by atoms with Crippen LogP contribution in [0.1, 0.15) is 74.7 Å². The van der Waals surface area contributed by atoms with E-state index in [2.05, 4.69) is 5.10 Å². The van der Waals surface area contributed by atoms with E-state index in [4.69, 9.17) is 0 Å². The van der Waals surface area contributed by atoms with Gasteiger partial charge in [-0.3, -0.25) is 19.6 Å². The van der Waals surface area contributed by atoms with Crippen LogP contribution in [0, 0.1) is 10.1 Å². The fraction of sp³-hybridized carbons (Fsp3) is 0.765. The van der Waals surface area contributed by atoms with E-state index in [9.17, 15) is 14.9 Å². The van der Waals surface area contributed by atoms with Crippen LogP contribution in [0.25, 0.3) is 0 Å². The lowest BCUT2D eigenvalue weighted by Gasteiger charge is -2.41. The number of carbonyl (C=O) groups is 1. The van der Waals surface area contributed by atoms with Gasteiger partial charge < -0.3 is 4.90 Å². The zero-order valence-corrected chi connectivity index (χ0v) is 14.3. The molecule has 0 atom stereocenters. The minimum Gasteiger partial charge on any atom is -0.331 e. The number of hydrogen-bond acceptors (Lipinski definition) is 4. The van der Waals surface area contributed by atoms with Crippen molar-refractivity contribution in [2.45, 2.75) is 76.3 Å². The molecular weight excluding hydrogens is 308 g/mol. The van der Waals surface area contributed by atoms with Gasteiger partial charge in [0.15, 0.2) is 0 Å². The minimum atomic E-state index is -0.500. The molecule has 2 fully saturated rings. The number of aryl methyl sites for hydroxylation is 1. The summed E-state index contributed by atoms with van der Waals surface area (Å²) in [6, 6.07) is 0.409. The number of nitrogens with zero attached hydrogens (tertiary/aromatic N) is 4. The van der Waals surface area contributed by atoms with Gasteiger partial charge in [-0.15, -0.1) is 0 Å². The van der Waals surface area contributed by atoms with Crippen molar-refractivity contribution in [1.29, 1.82) is 0 Å². The number of nitro groups is 1. The highest BCUT2D eigenvalue weighted by molar-refractivity contribution is 5.96. The lowest BCUT2D eigenvalue weighted by molar-refractivity contribution is -0.385. The smallest absolute Gasteiger partial charge is 0.320 e. The molecule has 1 aromatic rings. The lowest BCUT2D eigenvalue weighted by atomic mass is 9.88. The maximum Gasteiger partial charge on any atom is 0.320 e. The van der Waals surface area contributed by atoms with E-state index in [1.807, 2.05) is 4.90 Å². The van der Waals surface area contributed by atoms with Gasteiger partial charge in [-0.05, 0) is 25.7 Å². The van der Waals surface area contributed by atoms with Crippen molar-refractivity contribution in [1.82, 2.24) is 14.7 Å². The normalized spacial score (nSPS) is 20.0. The third-order valence-electron chi connectivity index (χ3n) is 5.38. The fourth-order valence-corrected chi connectivity index (χ4v) is 4.23. The zero-order chi connectivity index (χ0) is 17.1. The Morgan fingerprint density at radius 2 is 1.62 bits per heavy atom. The zero-order valence-electron chi connectivity index (χ0n) is 14.3. The van der Waals surface area contributed by atoms with Gasteiger partial charge in [0.25, 0.3) is 5.91 Å². The Morgan fingerprint density at radius 1 is 1.12 bits per heavy atom. The van der Waals surface area contributed by atoms with Gasteiger partial charge in [0.2, 0.25) is 5.69 Å². The highest BCUT2D eigenvalue weighted by Gasteiger charge is 2.37. The Morgan fingerprint density at radius 3 is 2.08 bits per heavy atom. The molecule has 0 radical (unpaired) electrons. The Hall–Kier alpha value is -1.92. The van der Waals surface area contributed by atoms with Crippen LogP contribution in [0.15, 0.2) is 6.20 Å². The number of amides is 1. The van der Waals surface area contributed by atoms with Crippen LogP contribution in [0.4, 0.5) is 5.69 Å². The molecule has 0 unspecified atom stereocenters. The van der Waals surface area contributed by atoms with Gasteiger partial charge in [-0.2, -0.15) is 5.10 Å². The summed E-state index contributed by atoms with van der Waals surface area (Å²) < 4.78 is 1.37. The highest BCUT2D eigenvalue weighted by Crippen LogP contribution is 2.32. The van der Waals surface area contributed by atoms with Crippen molar-refractivity contribution in [3.63, 3.8) is 0 Å². The summed E-state index contributed by atoms with van der Waals surface area (Å²) in [6.07, 6.45) is 12.3. The summed E-state index contributed by atoms with van der Waals surface area (Å²) in [4.78, 5) is 26.0. The summed E-state index contributed by atoms with van der Waals surface area (Å²) in [5.41, 5.74) is -0.183. The van der Waals surface area contributed by atoms with E-state index < -0.39 is 4.92 Å². The van der Waals surface area contributed by atoms with Crippen molar-refractivity contribution in [2.24, 2.45) is 7.05 Å². The van der Waals surface area contributed by atoms with Crippen molar-refractivity contribution in [3.05, 3.63) is 22.0 Å². The summed E-state index contributed by atoms with van der Waals surface area (Å²) in [7, 11) is 1.62. The summed E-state index contributed by atoms with van der Waals surface area (Å²) in [6.45, 7) is 0. The highest BCUT2D eigenvalue weighted by atomic mass is 16.6. The van der Waals surface area contributed by atoms with Gasteiger partial charge in [-0.25, -0.2) is 0 Å². The molecule has 2 aliphatic carbocycles. The van der Waals surface area contributed by atoms with E-state index in [1.165, 1.54) is 23.7 Å². The second-order valence-electron chi connectivity index (χ2n) is 7.09. The molecule has 0 saturated heterocycles. The molecule has 7 heteroatoms.